The van der Waals surface area contributed by atoms with Gasteiger partial charge in [0, 0.05) is 16.1 Å². The molecule has 0 atom stereocenters. The first-order valence-electron chi connectivity index (χ1n) is 6.46. The molecule has 0 aliphatic rings. The van der Waals surface area contributed by atoms with E-state index in [0.29, 0.717) is 0 Å². The summed E-state index contributed by atoms with van der Waals surface area (Å²) in [4.78, 5) is 0. The number of thioether (sulfide) groups is 1. The van der Waals surface area contributed by atoms with E-state index in [-0.39, 0.29) is 5.41 Å². The molecule has 0 aliphatic carbocycles. The van der Waals surface area contributed by atoms with Gasteiger partial charge >= 0.3 is 0 Å². The molecule has 0 heterocycles. The fourth-order valence-corrected chi connectivity index (χ4v) is 5.00. The third kappa shape index (κ3) is 4.28. The van der Waals surface area contributed by atoms with Crippen molar-refractivity contribution < 1.29 is 0 Å². The van der Waals surface area contributed by atoms with Gasteiger partial charge in [0.2, 0.25) is 0 Å². The summed E-state index contributed by atoms with van der Waals surface area (Å²) in [5, 5.41) is 2.04. The smallest absolute Gasteiger partial charge is 0.0150 e. The van der Waals surface area contributed by atoms with Gasteiger partial charge in [-0.15, -0.1) is 0 Å². The quantitative estimate of drug-likeness (QED) is 0.411. The number of benzene rings is 1. The van der Waals surface area contributed by atoms with Crippen LogP contribution in [-0.2, 0) is 5.41 Å². The van der Waals surface area contributed by atoms with Crippen molar-refractivity contribution >= 4 is 43.6 Å². The molecule has 3 heteroatoms. The van der Waals surface area contributed by atoms with E-state index in [0.717, 1.165) is 10.7 Å². The molecule has 18 heavy (non-hydrogen) atoms. The van der Waals surface area contributed by atoms with Crippen LogP contribution in [0.1, 0.15) is 30.9 Å². The lowest BCUT2D eigenvalue weighted by Gasteiger charge is -2.32. The van der Waals surface area contributed by atoms with Gasteiger partial charge in [0.1, 0.15) is 0 Å². The summed E-state index contributed by atoms with van der Waals surface area (Å²) in [6.07, 6.45) is 2.52. The van der Waals surface area contributed by atoms with E-state index < -0.39 is 0 Å². The zero-order valence-electron chi connectivity index (χ0n) is 11.2. The van der Waals surface area contributed by atoms with E-state index >= 15 is 0 Å². The fourth-order valence-electron chi connectivity index (χ4n) is 2.27. The van der Waals surface area contributed by atoms with Crippen LogP contribution in [0.2, 0.25) is 0 Å². The highest BCUT2D eigenvalue weighted by atomic mass is 79.9. The Morgan fingerprint density at radius 3 is 2.39 bits per heavy atom. The molecular formula is C15H22Br2S. The Labute approximate surface area is 133 Å². The summed E-state index contributed by atoms with van der Waals surface area (Å²) in [7, 11) is 0. The zero-order chi connectivity index (χ0) is 13.4. The third-order valence-corrected chi connectivity index (χ3v) is 6.51. The Morgan fingerprint density at radius 1 is 1.17 bits per heavy atom. The maximum atomic E-state index is 3.74. The molecule has 0 N–H and O–H groups in total. The Morgan fingerprint density at radius 2 is 1.83 bits per heavy atom. The van der Waals surface area contributed by atoms with E-state index in [9.17, 15) is 0 Å². The Balaban J connectivity index is 2.83. The third-order valence-electron chi connectivity index (χ3n) is 3.38. The molecule has 0 bridgehead atoms. The Bertz CT molecular complexity index is 348. The van der Waals surface area contributed by atoms with Gasteiger partial charge in [-0.05, 0) is 42.4 Å². The van der Waals surface area contributed by atoms with E-state index in [2.05, 4.69) is 70.0 Å². The standard InChI is InChI=1S/C15H22Br2S/c1-3-18-10-6-9-15(11-16,12-17)14-8-5-4-7-13(14)2/h4-5,7-8H,3,6,9-12H2,1-2H3. The molecule has 0 nitrogen and oxygen atoms in total. The van der Waals surface area contributed by atoms with Crippen molar-refractivity contribution in [2.24, 2.45) is 0 Å². The van der Waals surface area contributed by atoms with Gasteiger partial charge in [0.15, 0.2) is 0 Å². The number of halogens is 2. The van der Waals surface area contributed by atoms with E-state index in [1.807, 2.05) is 11.8 Å². The van der Waals surface area contributed by atoms with Gasteiger partial charge < -0.3 is 0 Å². The van der Waals surface area contributed by atoms with Crippen LogP contribution in [0.25, 0.3) is 0 Å². The molecule has 0 radical (unpaired) electrons. The second kappa shape index (κ2) is 8.65. The lowest BCUT2D eigenvalue weighted by molar-refractivity contribution is 0.497. The molecule has 1 rings (SSSR count). The van der Waals surface area contributed by atoms with Gasteiger partial charge in [-0.2, -0.15) is 11.8 Å². The van der Waals surface area contributed by atoms with Crippen molar-refractivity contribution in [3.8, 4) is 0 Å². The Kier molecular flexibility index (Phi) is 7.97. The molecule has 1 aromatic rings. The highest BCUT2D eigenvalue weighted by Crippen LogP contribution is 2.35. The molecule has 1 aromatic carbocycles. The van der Waals surface area contributed by atoms with Crippen LogP contribution in [0, 0.1) is 6.92 Å². The summed E-state index contributed by atoms with van der Waals surface area (Å²) in [5.74, 6) is 2.49. The van der Waals surface area contributed by atoms with Crippen LogP contribution in [0.15, 0.2) is 24.3 Å². The summed E-state index contributed by atoms with van der Waals surface area (Å²) in [6, 6.07) is 8.78. The van der Waals surface area contributed by atoms with E-state index in [1.165, 1.54) is 35.5 Å². The molecule has 0 fully saturated rings. The molecule has 0 aliphatic heterocycles. The number of aryl methyl sites for hydroxylation is 1. The summed E-state index contributed by atoms with van der Waals surface area (Å²) < 4.78 is 0. The molecule has 0 aromatic heterocycles. The van der Waals surface area contributed by atoms with Crippen molar-refractivity contribution in [2.45, 2.75) is 32.1 Å². The lowest BCUT2D eigenvalue weighted by Crippen LogP contribution is -2.31. The minimum Gasteiger partial charge on any atom is -0.162 e. The topological polar surface area (TPSA) is 0 Å². The molecule has 0 amide bonds. The van der Waals surface area contributed by atoms with Crippen LogP contribution in [0.5, 0.6) is 0 Å². The van der Waals surface area contributed by atoms with Gasteiger partial charge in [0.05, 0.1) is 0 Å². The predicted octanol–water partition coefficient (Wildman–Crippen LogP) is 5.56. The monoisotopic (exact) mass is 392 g/mol. The van der Waals surface area contributed by atoms with Crippen molar-refractivity contribution in [1.82, 2.24) is 0 Å². The highest BCUT2D eigenvalue weighted by molar-refractivity contribution is 9.09. The van der Waals surface area contributed by atoms with Gasteiger partial charge in [-0.1, -0.05) is 63.0 Å². The largest absolute Gasteiger partial charge is 0.162 e. The van der Waals surface area contributed by atoms with E-state index in [4.69, 9.17) is 0 Å². The minimum absolute atomic E-state index is 0.236. The Hall–Kier alpha value is 0.530. The average Bonchev–Trinajstić information content (AvgIpc) is 2.41. The normalized spacial score (nSPS) is 11.8. The average molecular weight is 394 g/mol. The summed E-state index contributed by atoms with van der Waals surface area (Å²) in [6.45, 7) is 4.45. The number of hydrogen-bond acceptors (Lipinski definition) is 1. The van der Waals surface area contributed by atoms with Crippen molar-refractivity contribution in [1.29, 1.82) is 0 Å². The van der Waals surface area contributed by atoms with Gasteiger partial charge in [0.25, 0.3) is 0 Å². The maximum Gasteiger partial charge on any atom is 0.0150 e. The number of alkyl halides is 2. The first kappa shape index (κ1) is 16.6. The van der Waals surface area contributed by atoms with Crippen LogP contribution in [0.4, 0.5) is 0 Å². The molecule has 0 spiro atoms. The van der Waals surface area contributed by atoms with Crippen LogP contribution in [0.3, 0.4) is 0 Å². The fraction of sp³-hybridized carbons (Fsp3) is 0.600. The highest BCUT2D eigenvalue weighted by Gasteiger charge is 2.30. The molecular weight excluding hydrogens is 372 g/mol. The zero-order valence-corrected chi connectivity index (χ0v) is 15.2. The predicted molar refractivity (Wildman–Crippen MR) is 92.7 cm³/mol. The maximum absolute atomic E-state index is 3.74. The summed E-state index contributed by atoms with van der Waals surface area (Å²) in [5.41, 5.74) is 3.12. The minimum atomic E-state index is 0.236. The molecule has 0 saturated heterocycles. The molecule has 0 unspecified atom stereocenters. The molecule has 0 saturated carbocycles. The van der Waals surface area contributed by atoms with Crippen molar-refractivity contribution in [3.63, 3.8) is 0 Å². The second-order valence-corrected chi connectivity index (χ2v) is 7.18. The lowest BCUT2D eigenvalue weighted by atomic mass is 9.78. The SMILES string of the molecule is CCSCCCC(CBr)(CBr)c1ccccc1C. The number of hydrogen-bond donors (Lipinski definition) is 0. The van der Waals surface area contributed by atoms with Gasteiger partial charge in [-0.25, -0.2) is 0 Å². The number of rotatable bonds is 8. The second-order valence-electron chi connectivity index (χ2n) is 4.66. The van der Waals surface area contributed by atoms with Crippen LogP contribution >= 0.6 is 43.6 Å². The molecule has 102 valence electrons. The van der Waals surface area contributed by atoms with Crippen molar-refractivity contribution in [2.75, 3.05) is 22.2 Å². The van der Waals surface area contributed by atoms with Crippen LogP contribution < -0.4 is 0 Å². The summed E-state index contributed by atoms with van der Waals surface area (Å²) >= 11 is 9.51. The van der Waals surface area contributed by atoms with Gasteiger partial charge in [-0.3, -0.25) is 0 Å². The van der Waals surface area contributed by atoms with E-state index in [1.54, 1.807) is 0 Å². The first-order valence-corrected chi connectivity index (χ1v) is 9.85. The first-order chi connectivity index (χ1) is 8.70. The van der Waals surface area contributed by atoms with Crippen LogP contribution in [-0.4, -0.2) is 22.2 Å². The van der Waals surface area contributed by atoms with Crippen molar-refractivity contribution in [3.05, 3.63) is 35.4 Å².